The van der Waals surface area contributed by atoms with E-state index in [1.807, 2.05) is 13.0 Å². The highest BCUT2D eigenvalue weighted by atomic mass is 16.6. The molecule has 0 aliphatic heterocycles. The van der Waals surface area contributed by atoms with Gasteiger partial charge in [0, 0.05) is 24.6 Å². The van der Waals surface area contributed by atoms with Crippen LogP contribution in [0.3, 0.4) is 0 Å². The molecule has 4 aliphatic carbocycles. The van der Waals surface area contributed by atoms with Crippen molar-refractivity contribution in [1.29, 1.82) is 0 Å². The number of fused-ring (bicyclic) bond motifs is 5. The van der Waals surface area contributed by atoms with Crippen LogP contribution < -0.4 is 16.3 Å². The second-order valence-electron chi connectivity index (χ2n) is 12.7. The Morgan fingerprint density at radius 1 is 1.11 bits per heavy atom. The first-order valence-corrected chi connectivity index (χ1v) is 14.9. The van der Waals surface area contributed by atoms with Crippen molar-refractivity contribution in [1.82, 2.24) is 10.6 Å². The minimum Gasteiger partial charge on any atom is -0.431 e. The number of hydrogen-bond acceptors (Lipinski definition) is 7. The zero-order valence-corrected chi connectivity index (χ0v) is 23.7. The van der Waals surface area contributed by atoms with Crippen LogP contribution in [-0.4, -0.2) is 42.3 Å². The van der Waals surface area contributed by atoms with Crippen molar-refractivity contribution in [3.8, 4) is 0 Å². The molecule has 4 aliphatic rings. The molecule has 1 aromatic rings. The van der Waals surface area contributed by atoms with Gasteiger partial charge in [0.1, 0.15) is 0 Å². The zero-order valence-electron chi connectivity index (χ0n) is 23.7. The molecule has 1 unspecified atom stereocenters. The number of allylic oxidation sites excluding steroid dienone is 2. The van der Waals surface area contributed by atoms with Crippen molar-refractivity contribution in [3.63, 3.8) is 0 Å². The largest absolute Gasteiger partial charge is 0.431 e. The molecule has 0 spiro atoms. The summed E-state index contributed by atoms with van der Waals surface area (Å²) in [7, 11) is 0. The fourth-order valence-electron chi connectivity index (χ4n) is 8.56. The first-order valence-electron chi connectivity index (χ1n) is 14.9. The van der Waals surface area contributed by atoms with Crippen molar-refractivity contribution in [2.45, 2.75) is 103 Å². The van der Waals surface area contributed by atoms with Crippen LogP contribution in [0.4, 0.5) is 0 Å². The van der Waals surface area contributed by atoms with E-state index in [0.29, 0.717) is 11.8 Å². The fourth-order valence-corrected chi connectivity index (χ4v) is 8.56. The molecule has 5 rings (SSSR count). The Balaban J connectivity index is 1.27. The van der Waals surface area contributed by atoms with Gasteiger partial charge in [-0.3, -0.25) is 5.32 Å². The zero-order chi connectivity index (χ0) is 27.0. The summed E-state index contributed by atoms with van der Waals surface area (Å²) in [6.07, 6.45) is 12.8. The molecule has 1 aromatic heterocycles. The monoisotopic (exact) mass is 525 g/mol. The molecule has 3 saturated carbocycles. The van der Waals surface area contributed by atoms with E-state index in [0.717, 1.165) is 88.7 Å². The summed E-state index contributed by atoms with van der Waals surface area (Å²) in [5, 5.41) is 23.7. The molecule has 38 heavy (non-hydrogen) atoms. The van der Waals surface area contributed by atoms with Crippen LogP contribution in [0.2, 0.25) is 0 Å². The lowest BCUT2D eigenvalue weighted by Gasteiger charge is -2.61. The summed E-state index contributed by atoms with van der Waals surface area (Å²) < 4.78 is 5.23. The average Bonchev–Trinajstić information content (AvgIpc) is 3.19. The highest BCUT2D eigenvalue weighted by molar-refractivity contribution is 5.96. The number of nitrogens with one attached hydrogen (secondary N) is 2. The van der Waals surface area contributed by atoms with Crippen molar-refractivity contribution < 1.29 is 14.4 Å². The van der Waals surface area contributed by atoms with Crippen LogP contribution in [0.15, 0.2) is 44.4 Å². The van der Waals surface area contributed by atoms with Gasteiger partial charge in [0.2, 0.25) is 0 Å². The van der Waals surface area contributed by atoms with Gasteiger partial charge in [-0.05, 0) is 112 Å². The molecule has 0 bridgehead atoms. The highest BCUT2D eigenvalue weighted by Gasteiger charge is 2.66. The predicted molar refractivity (Wildman–Crippen MR) is 150 cm³/mol. The van der Waals surface area contributed by atoms with Crippen LogP contribution >= 0.6 is 0 Å². The molecule has 7 nitrogen and oxygen atoms in total. The fraction of sp³-hybridized carbons (Fsp3) is 0.742. The quantitative estimate of drug-likeness (QED) is 0.236. The van der Waals surface area contributed by atoms with Crippen molar-refractivity contribution in [2.75, 3.05) is 19.6 Å². The third-order valence-corrected chi connectivity index (χ3v) is 10.8. The normalized spacial score (nSPS) is 38.2. The van der Waals surface area contributed by atoms with Gasteiger partial charge >= 0.3 is 5.63 Å². The Kier molecular flexibility index (Phi) is 7.92. The topological polar surface area (TPSA) is 96.1 Å². The van der Waals surface area contributed by atoms with E-state index >= 15 is 0 Å². The van der Waals surface area contributed by atoms with Crippen molar-refractivity contribution in [2.24, 2.45) is 27.8 Å². The van der Waals surface area contributed by atoms with E-state index in [-0.39, 0.29) is 28.6 Å². The molecule has 7 atom stereocenters. The molecule has 210 valence electrons. The molecule has 7 heteroatoms. The second kappa shape index (κ2) is 10.9. The molecule has 0 amide bonds. The van der Waals surface area contributed by atoms with Crippen LogP contribution in [-0.2, 0) is 4.84 Å². The first kappa shape index (κ1) is 27.6. The first-order chi connectivity index (χ1) is 18.2. The number of nitrogens with zero attached hydrogens (tertiary/aromatic N) is 1. The lowest BCUT2D eigenvalue weighted by atomic mass is 9.45. The Morgan fingerprint density at radius 3 is 2.71 bits per heavy atom. The molecule has 3 N–H and O–H groups in total. The van der Waals surface area contributed by atoms with Crippen molar-refractivity contribution >= 4 is 5.71 Å². The van der Waals surface area contributed by atoms with Crippen LogP contribution in [0, 0.1) is 22.7 Å². The van der Waals surface area contributed by atoms with Gasteiger partial charge in [-0.1, -0.05) is 31.5 Å². The van der Waals surface area contributed by atoms with E-state index < -0.39 is 5.60 Å². The Hall–Kier alpha value is -1.96. The summed E-state index contributed by atoms with van der Waals surface area (Å²) in [6.45, 7) is 11.7. The maximum absolute atomic E-state index is 12.4. The number of rotatable bonds is 9. The van der Waals surface area contributed by atoms with Crippen molar-refractivity contribution in [3.05, 3.63) is 46.0 Å². The standard InChI is InChI=1S/C31H47N3O4/c1-5-16-32-17-18-33-21(2)38-34-24-10-13-29(3)23(19-24)7-8-27-26(29)11-14-30(4)25(12-15-31(27,30)36)22-6-9-28(35)37-20-22/h6,9,19-21,25-27,32-33,36H,5,7-8,10-18H2,1-4H3/b34-24+/t21?,25-,26+,27-,29+,30-,31+/m1/s1. The third-order valence-electron chi connectivity index (χ3n) is 10.8. The molecule has 1 heterocycles. The van der Waals surface area contributed by atoms with E-state index in [4.69, 9.17) is 9.25 Å². The number of aliphatic hydroxyl groups is 1. The Morgan fingerprint density at radius 2 is 1.95 bits per heavy atom. The Labute approximate surface area is 227 Å². The van der Waals surface area contributed by atoms with E-state index in [1.54, 1.807) is 6.26 Å². The molecular weight excluding hydrogens is 478 g/mol. The summed E-state index contributed by atoms with van der Waals surface area (Å²) in [4.78, 5) is 17.3. The maximum atomic E-state index is 12.4. The van der Waals surface area contributed by atoms with E-state index in [1.165, 1.54) is 11.6 Å². The van der Waals surface area contributed by atoms with Crippen LogP contribution in [0.5, 0.6) is 0 Å². The molecule has 0 saturated heterocycles. The highest BCUT2D eigenvalue weighted by Crippen LogP contribution is 2.69. The number of oxime groups is 1. The summed E-state index contributed by atoms with van der Waals surface area (Å²) >= 11 is 0. The van der Waals surface area contributed by atoms with Crippen LogP contribution in [0.25, 0.3) is 0 Å². The predicted octanol–water partition coefficient (Wildman–Crippen LogP) is 5.11. The van der Waals surface area contributed by atoms with Gasteiger partial charge in [-0.15, -0.1) is 0 Å². The van der Waals surface area contributed by atoms with E-state index in [9.17, 15) is 9.90 Å². The van der Waals surface area contributed by atoms with E-state index in [2.05, 4.69) is 42.6 Å². The van der Waals surface area contributed by atoms with Crippen LogP contribution in [0.1, 0.15) is 97.0 Å². The number of hydrogen-bond donors (Lipinski definition) is 3. The molecular formula is C31H47N3O4. The minimum atomic E-state index is -0.685. The molecule has 0 radical (unpaired) electrons. The molecule has 0 aromatic carbocycles. The van der Waals surface area contributed by atoms with Gasteiger partial charge in [0.05, 0.1) is 17.6 Å². The molecule has 3 fully saturated rings. The summed E-state index contributed by atoms with van der Waals surface area (Å²) in [6, 6.07) is 3.43. The van der Waals surface area contributed by atoms with Gasteiger partial charge in [-0.2, -0.15) is 0 Å². The average molecular weight is 526 g/mol. The van der Waals surface area contributed by atoms with Gasteiger partial charge in [0.25, 0.3) is 0 Å². The SMILES string of the molecule is CCCNCCNC(C)O/N=C1/C=C2CC[C@@H]3[C@H](CC[C@]4(C)[C@@H](c5ccc(=O)oc5)CC[C@]34O)[C@@]2(C)CC1. The third kappa shape index (κ3) is 4.79. The summed E-state index contributed by atoms with van der Waals surface area (Å²) in [5.74, 6) is 0.999. The van der Waals surface area contributed by atoms with Gasteiger partial charge < -0.3 is 19.7 Å². The van der Waals surface area contributed by atoms with Gasteiger partial charge in [0.15, 0.2) is 6.23 Å². The van der Waals surface area contributed by atoms with Gasteiger partial charge in [-0.25, -0.2) is 4.79 Å². The summed E-state index contributed by atoms with van der Waals surface area (Å²) in [5.41, 5.74) is 2.50. The minimum absolute atomic E-state index is 0.103. The maximum Gasteiger partial charge on any atom is 0.335 e. The Bertz CT molecular complexity index is 1090. The smallest absolute Gasteiger partial charge is 0.335 e. The lowest BCUT2D eigenvalue weighted by molar-refractivity contribution is -0.176. The lowest BCUT2D eigenvalue weighted by Crippen LogP contribution is -2.60. The second-order valence-corrected chi connectivity index (χ2v) is 12.7.